The maximum absolute atomic E-state index is 8.51. The lowest BCUT2D eigenvalue weighted by Crippen LogP contribution is -2.13. The summed E-state index contributed by atoms with van der Waals surface area (Å²) in [4.78, 5) is 0. The maximum atomic E-state index is 8.51. The monoisotopic (exact) mass is 222 g/mol. The van der Waals surface area contributed by atoms with Crippen molar-refractivity contribution in [1.82, 2.24) is 0 Å². The molecule has 1 unspecified atom stereocenters. The summed E-state index contributed by atoms with van der Waals surface area (Å²) in [5.41, 5.74) is 7.42. The highest BCUT2D eigenvalue weighted by Gasteiger charge is 2.02. The van der Waals surface area contributed by atoms with Gasteiger partial charge in [0.05, 0.1) is 6.10 Å². The number of rotatable bonds is 5. The highest BCUT2D eigenvalue weighted by Crippen LogP contribution is 2.09. The molecule has 0 saturated heterocycles. The van der Waals surface area contributed by atoms with E-state index in [9.17, 15) is 0 Å². The van der Waals surface area contributed by atoms with Crippen molar-refractivity contribution in [1.29, 1.82) is 0 Å². The number of ether oxygens (including phenoxy) is 1. The average molecular weight is 222 g/mol. The van der Waals surface area contributed by atoms with Crippen molar-refractivity contribution in [2.45, 2.75) is 25.9 Å². The van der Waals surface area contributed by atoms with Crippen LogP contribution in [0.2, 0.25) is 0 Å². The van der Waals surface area contributed by atoms with Gasteiger partial charge in [0.2, 0.25) is 0 Å². The van der Waals surface area contributed by atoms with Gasteiger partial charge in [0.15, 0.2) is 5.84 Å². The van der Waals surface area contributed by atoms with Crippen LogP contribution in [0.1, 0.15) is 24.5 Å². The first-order chi connectivity index (χ1) is 7.67. The van der Waals surface area contributed by atoms with E-state index in [1.54, 1.807) is 7.11 Å². The van der Waals surface area contributed by atoms with Gasteiger partial charge in [-0.2, -0.15) is 0 Å². The molecule has 0 aliphatic carbocycles. The second kappa shape index (κ2) is 6.12. The van der Waals surface area contributed by atoms with Crippen LogP contribution >= 0.6 is 0 Å². The van der Waals surface area contributed by atoms with Crippen molar-refractivity contribution in [2.75, 3.05) is 7.11 Å². The van der Waals surface area contributed by atoms with E-state index in [4.69, 9.17) is 15.7 Å². The Kier molecular flexibility index (Phi) is 4.79. The standard InChI is InChI=1S/C12H18N2O2/c1-9(16-2)3-4-10-5-7-11(8-6-10)12(13)14-15/h5-9,15H,3-4H2,1-2H3,(H2,13,14). The molecule has 1 rings (SSSR count). The Balaban J connectivity index is 2.58. The summed E-state index contributed by atoms with van der Waals surface area (Å²) in [5.74, 6) is 0.136. The van der Waals surface area contributed by atoms with Crippen LogP contribution in [0.15, 0.2) is 29.4 Å². The minimum absolute atomic E-state index is 0.136. The summed E-state index contributed by atoms with van der Waals surface area (Å²) < 4.78 is 5.18. The van der Waals surface area contributed by atoms with Gasteiger partial charge in [-0.3, -0.25) is 0 Å². The van der Waals surface area contributed by atoms with Crippen molar-refractivity contribution < 1.29 is 9.94 Å². The van der Waals surface area contributed by atoms with E-state index in [2.05, 4.69) is 5.16 Å². The van der Waals surface area contributed by atoms with Gasteiger partial charge in [-0.1, -0.05) is 29.4 Å². The molecule has 0 aliphatic heterocycles. The van der Waals surface area contributed by atoms with Crippen LogP contribution < -0.4 is 5.73 Å². The fraction of sp³-hybridized carbons (Fsp3) is 0.417. The second-order valence-corrected chi connectivity index (χ2v) is 3.77. The van der Waals surface area contributed by atoms with E-state index in [-0.39, 0.29) is 11.9 Å². The number of nitrogens with two attached hydrogens (primary N) is 1. The number of methoxy groups -OCH3 is 1. The molecule has 16 heavy (non-hydrogen) atoms. The van der Waals surface area contributed by atoms with Crippen LogP contribution in [0.4, 0.5) is 0 Å². The largest absolute Gasteiger partial charge is 0.409 e. The van der Waals surface area contributed by atoms with Crippen molar-refractivity contribution in [3.63, 3.8) is 0 Å². The van der Waals surface area contributed by atoms with Gasteiger partial charge in [-0.25, -0.2) is 0 Å². The van der Waals surface area contributed by atoms with Gasteiger partial charge in [-0.15, -0.1) is 0 Å². The molecule has 3 N–H and O–H groups in total. The highest BCUT2D eigenvalue weighted by atomic mass is 16.5. The van der Waals surface area contributed by atoms with E-state index in [0.29, 0.717) is 0 Å². The van der Waals surface area contributed by atoms with Crippen molar-refractivity contribution in [3.05, 3.63) is 35.4 Å². The van der Waals surface area contributed by atoms with Gasteiger partial charge in [0.1, 0.15) is 0 Å². The van der Waals surface area contributed by atoms with Crippen LogP contribution in [0.3, 0.4) is 0 Å². The zero-order valence-electron chi connectivity index (χ0n) is 9.68. The van der Waals surface area contributed by atoms with E-state index < -0.39 is 0 Å². The van der Waals surface area contributed by atoms with Crippen LogP contribution in [-0.2, 0) is 11.2 Å². The molecular formula is C12H18N2O2. The smallest absolute Gasteiger partial charge is 0.170 e. The number of hydrogen-bond donors (Lipinski definition) is 2. The predicted octanol–water partition coefficient (Wildman–Crippen LogP) is 1.75. The van der Waals surface area contributed by atoms with Crippen LogP contribution in [-0.4, -0.2) is 24.3 Å². The van der Waals surface area contributed by atoms with Crippen LogP contribution in [0.25, 0.3) is 0 Å². The van der Waals surface area contributed by atoms with Crippen molar-refractivity contribution in [3.8, 4) is 0 Å². The molecule has 1 aromatic carbocycles. The molecule has 0 heterocycles. The maximum Gasteiger partial charge on any atom is 0.170 e. The first kappa shape index (κ1) is 12.5. The third-order valence-electron chi connectivity index (χ3n) is 2.60. The Labute approximate surface area is 95.7 Å². The first-order valence-corrected chi connectivity index (χ1v) is 5.27. The van der Waals surface area contributed by atoms with E-state index in [1.165, 1.54) is 5.56 Å². The number of nitrogens with zero attached hydrogens (tertiary/aromatic N) is 1. The van der Waals surface area contributed by atoms with Crippen molar-refractivity contribution in [2.24, 2.45) is 10.9 Å². The molecule has 0 saturated carbocycles. The quantitative estimate of drug-likeness (QED) is 0.345. The van der Waals surface area contributed by atoms with Gasteiger partial charge in [0, 0.05) is 12.7 Å². The predicted molar refractivity (Wildman–Crippen MR) is 63.7 cm³/mol. The Morgan fingerprint density at radius 1 is 1.44 bits per heavy atom. The zero-order chi connectivity index (χ0) is 12.0. The molecule has 1 atom stereocenters. The van der Waals surface area contributed by atoms with Gasteiger partial charge >= 0.3 is 0 Å². The molecule has 0 aliphatic rings. The molecule has 0 amide bonds. The fourth-order valence-electron chi connectivity index (χ4n) is 1.39. The lowest BCUT2D eigenvalue weighted by Gasteiger charge is -2.09. The van der Waals surface area contributed by atoms with Crippen molar-refractivity contribution >= 4 is 5.84 Å². The molecule has 0 radical (unpaired) electrons. The Bertz CT molecular complexity index is 347. The average Bonchev–Trinajstić information content (AvgIpc) is 2.35. The fourth-order valence-corrected chi connectivity index (χ4v) is 1.39. The Hall–Kier alpha value is -1.55. The lowest BCUT2D eigenvalue weighted by molar-refractivity contribution is 0.111. The van der Waals surface area contributed by atoms with E-state index >= 15 is 0 Å². The lowest BCUT2D eigenvalue weighted by atomic mass is 10.1. The molecule has 4 nitrogen and oxygen atoms in total. The van der Waals surface area contributed by atoms with E-state index in [0.717, 1.165) is 18.4 Å². The topological polar surface area (TPSA) is 67.8 Å². The molecule has 0 spiro atoms. The minimum Gasteiger partial charge on any atom is -0.409 e. The number of oxime groups is 1. The summed E-state index contributed by atoms with van der Waals surface area (Å²) in [6.45, 7) is 2.05. The number of benzene rings is 1. The summed E-state index contributed by atoms with van der Waals surface area (Å²) >= 11 is 0. The minimum atomic E-state index is 0.136. The summed E-state index contributed by atoms with van der Waals surface area (Å²) in [7, 11) is 1.71. The first-order valence-electron chi connectivity index (χ1n) is 5.27. The number of amidine groups is 1. The number of hydrogen-bond acceptors (Lipinski definition) is 3. The molecule has 0 fully saturated rings. The molecule has 0 bridgehead atoms. The summed E-state index contributed by atoms with van der Waals surface area (Å²) in [6.07, 6.45) is 2.22. The Morgan fingerprint density at radius 3 is 2.56 bits per heavy atom. The second-order valence-electron chi connectivity index (χ2n) is 3.77. The Morgan fingerprint density at radius 2 is 2.06 bits per heavy atom. The third-order valence-corrected chi connectivity index (χ3v) is 2.60. The van der Waals surface area contributed by atoms with Gasteiger partial charge in [-0.05, 0) is 25.3 Å². The molecule has 0 aromatic heterocycles. The normalized spacial score (nSPS) is 13.8. The van der Waals surface area contributed by atoms with Crippen LogP contribution in [0.5, 0.6) is 0 Å². The number of aryl methyl sites for hydroxylation is 1. The summed E-state index contributed by atoms with van der Waals surface area (Å²) in [5, 5.41) is 11.5. The van der Waals surface area contributed by atoms with Gasteiger partial charge in [0.25, 0.3) is 0 Å². The van der Waals surface area contributed by atoms with Gasteiger partial charge < -0.3 is 15.7 Å². The molecule has 88 valence electrons. The SMILES string of the molecule is COC(C)CCc1ccc(C(N)=NO)cc1. The third kappa shape index (κ3) is 3.55. The molecule has 1 aromatic rings. The molecule has 4 heteroatoms. The zero-order valence-corrected chi connectivity index (χ0v) is 9.68. The van der Waals surface area contributed by atoms with Crippen LogP contribution in [0, 0.1) is 0 Å². The summed E-state index contributed by atoms with van der Waals surface area (Å²) in [6, 6.07) is 7.66. The molecular weight excluding hydrogens is 204 g/mol. The highest BCUT2D eigenvalue weighted by molar-refractivity contribution is 5.96. The van der Waals surface area contributed by atoms with E-state index in [1.807, 2.05) is 31.2 Å².